The van der Waals surface area contributed by atoms with Crippen molar-refractivity contribution < 1.29 is 14.3 Å². The summed E-state index contributed by atoms with van der Waals surface area (Å²) in [5, 5.41) is 6.06. The fraction of sp³-hybridized carbons (Fsp3) is 0.167. The van der Waals surface area contributed by atoms with E-state index in [4.69, 9.17) is 4.74 Å². The Morgan fingerprint density at radius 1 is 1.16 bits per heavy atom. The van der Waals surface area contributed by atoms with Gasteiger partial charge in [0.15, 0.2) is 5.13 Å². The summed E-state index contributed by atoms with van der Waals surface area (Å²) in [4.78, 5) is 28.4. The second kappa shape index (κ2) is 7.42. The average molecular weight is 355 g/mol. The van der Waals surface area contributed by atoms with Crippen molar-refractivity contribution in [1.29, 1.82) is 0 Å². The fourth-order valence-electron chi connectivity index (χ4n) is 2.31. The molecule has 2 N–H and O–H groups in total. The number of aryl methyl sites for hydroxylation is 1. The van der Waals surface area contributed by atoms with Gasteiger partial charge in [-0.1, -0.05) is 29.5 Å². The summed E-state index contributed by atoms with van der Waals surface area (Å²) in [7, 11) is 1.46. The number of hydrogen-bond donors (Lipinski definition) is 2. The average Bonchev–Trinajstić information content (AvgIpc) is 2.98. The normalized spacial score (nSPS) is 10.6. The van der Waals surface area contributed by atoms with E-state index in [2.05, 4.69) is 15.6 Å². The van der Waals surface area contributed by atoms with E-state index in [0.29, 0.717) is 10.7 Å². The maximum absolute atomic E-state index is 12.5. The Balaban J connectivity index is 1.79. The van der Waals surface area contributed by atoms with E-state index >= 15 is 0 Å². The molecule has 0 bridgehead atoms. The number of para-hydroxylation sites is 1. The zero-order valence-electron chi connectivity index (χ0n) is 13.8. The van der Waals surface area contributed by atoms with Gasteiger partial charge in [-0.25, -0.2) is 4.98 Å². The third kappa shape index (κ3) is 4.01. The van der Waals surface area contributed by atoms with Crippen molar-refractivity contribution in [3.05, 3.63) is 53.6 Å². The van der Waals surface area contributed by atoms with Crippen molar-refractivity contribution in [2.45, 2.75) is 6.92 Å². The third-order valence-electron chi connectivity index (χ3n) is 3.57. The van der Waals surface area contributed by atoms with Crippen LogP contribution in [0.3, 0.4) is 0 Å². The molecule has 3 aromatic rings. The number of hydrogen-bond acceptors (Lipinski definition) is 5. The minimum Gasteiger partial charge on any atom is -0.375 e. The number of ether oxygens (including phenoxy) is 1. The van der Waals surface area contributed by atoms with Gasteiger partial charge in [0.25, 0.3) is 11.8 Å². The molecule has 0 atom stereocenters. The number of carbonyl (C=O) groups excluding carboxylic acids is 2. The van der Waals surface area contributed by atoms with Crippen LogP contribution in [0, 0.1) is 6.92 Å². The van der Waals surface area contributed by atoms with Gasteiger partial charge in [-0.2, -0.15) is 0 Å². The topological polar surface area (TPSA) is 80.3 Å². The summed E-state index contributed by atoms with van der Waals surface area (Å²) < 4.78 is 5.60. The van der Waals surface area contributed by atoms with Crippen LogP contribution in [-0.2, 0) is 9.53 Å². The summed E-state index contributed by atoms with van der Waals surface area (Å²) in [6.07, 6.45) is 0. The molecule has 0 spiro atoms. The Morgan fingerprint density at radius 2 is 1.96 bits per heavy atom. The summed E-state index contributed by atoms with van der Waals surface area (Å²) in [6.45, 7) is 1.91. The zero-order valence-corrected chi connectivity index (χ0v) is 14.6. The lowest BCUT2D eigenvalue weighted by Gasteiger charge is -2.07. The number of fused-ring (bicyclic) bond motifs is 1. The molecule has 0 radical (unpaired) electrons. The van der Waals surface area contributed by atoms with E-state index in [9.17, 15) is 9.59 Å². The first kappa shape index (κ1) is 17.1. The highest BCUT2D eigenvalue weighted by Crippen LogP contribution is 2.27. The Bertz CT molecular complexity index is 936. The largest absolute Gasteiger partial charge is 0.375 e. The molecule has 1 heterocycles. The second-order valence-electron chi connectivity index (χ2n) is 5.45. The summed E-state index contributed by atoms with van der Waals surface area (Å²) in [6, 6.07) is 12.9. The Morgan fingerprint density at radius 3 is 2.72 bits per heavy atom. The van der Waals surface area contributed by atoms with Gasteiger partial charge in [0.1, 0.15) is 6.61 Å². The van der Waals surface area contributed by atoms with Crippen molar-refractivity contribution in [3.8, 4) is 0 Å². The maximum atomic E-state index is 12.5. The molecule has 0 aliphatic rings. The molecule has 7 heteroatoms. The van der Waals surface area contributed by atoms with Crippen LogP contribution < -0.4 is 10.6 Å². The molecule has 0 saturated heterocycles. The predicted octanol–water partition coefficient (Wildman–Crippen LogP) is 3.44. The van der Waals surface area contributed by atoms with Crippen molar-refractivity contribution in [1.82, 2.24) is 4.98 Å². The molecule has 0 fully saturated rings. The lowest BCUT2D eigenvalue weighted by Crippen LogP contribution is -2.16. The summed E-state index contributed by atoms with van der Waals surface area (Å²) in [5.74, 6) is -0.450. The minimum atomic E-state index is -0.265. The number of nitrogens with one attached hydrogen (secondary N) is 2. The van der Waals surface area contributed by atoms with Gasteiger partial charge in [0, 0.05) is 18.4 Å². The molecule has 2 amide bonds. The molecule has 0 aliphatic heterocycles. The van der Waals surface area contributed by atoms with E-state index < -0.39 is 0 Å². The first-order valence-corrected chi connectivity index (χ1v) is 8.45. The first-order chi connectivity index (χ1) is 12.1. The molecule has 0 saturated carbocycles. The molecular weight excluding hydrogens is 338 g/mol. The zero-order chi connectivity index (χ0) is 17.8. The van der Waals surface area contributed by atoms with Crippen LogP contribution in [0.2, 0.25) is 0 Å². The molecule has 128 valence electrons. The summed E-state index contributed by atoms with van der Waals surface area (Å²) >= 11 is 1.31. The van der Waals surface area contributed by atoms with Gasteiger partial charge >= 0.3 is 0 Å². The van der Waals surface area contributed by atoms with Crippen molar-refractivity contribution in [2.24, 2.45) is 0 Å². The van der Waals surface area contributed by atoms with Gasteiger partial charge < -0.3 is 10.1 Å². The Labute approximate surface area is 148 Å². The quantitative estimate of drug-likeness (QED) is 0.735. The number of amides is 2. The van der Waals surface area contributed by atoms with Crippen molar-refractivity contribution in [3.63, 3.8) is 0 Å². The summed E-state index contributed by atoms with van der Waals surface area (Å²) in [5.41, 5.74) is 3.04. The highest BCUT2D eigenvalue weighted by molar-refractivity contribution is 7.22. The molecule has 2 aromatic carbocycles. The van der Waals surface area contributed by atoms with E-state index in [0.717, 1.165) is 21.5 Å². The van der Waals surface area contributed by atoms with Gasteiger partial charge in [-0.05, 0) is 36.8 Å². The number of thiazole rings is 1. The van der Waals surface area contributed by atoms with Crippen LogP contribution in [0.25, 0.3) is 10.2 Å². The van der Waals surface area contributed by atoms with Crippen LogP contribution in [0.1, 0.15) is 15.9 Å². The first-order valence-electron chi connectivity index (χ1n) is 7.63. The number of anilines is 2. The Kier molecular flexibility index (Phi) is 5.06. The third-order valence-corrected chi connectivity index (χ3v) is 4.50. The Hall–Kier alpha value is -2.77. The van der Waals surface area contributed by atoms with Crippen molar-refractivity contribution in [2.75, 3.05) is 24.4 Å². The maximum Gasteiger partial charge on any atom is 0.255 e. The molecule has 0 aliphatic carbocycles. The number of rotatable bonds is 5. The lowest BCUT2D eigenvalue weighted by atomic mass is 10.1. The molecule has 6 nitrogen and oxygen atoms in total. The monoisotopic (exact) mass is 355 g/mol. The van der Waals surface area contributed by atoms with E-state index in [-0.39, 0.29) is 18.4 Å². The van der Waals surface area contributed by atoms with Gasteiger partial charge in [0.05, 0.1) is 10.2 Å². The molecule has 1 aromatic heterocycles. The second-order valence-corrected chi connectivity index (χ2v) is 6.48. The highest BCUT2D eigenvalue weighted by atomic mass is 32.1. The number of aromatic nitrogens is 1. The smallest absolute Gasteiger partial charge is 0.255 e. The molecule has 3 rings (SSSR count). The van der Waals surface area contributed by atoms with Gasteiger partial charge in [-0.3, -0.25) is 14.9 Å². The number of carbonyl (C=O) groups is 2. The predicted molar refractivity (Wildman–Crippen MR) is 99.3 cm³/mol. The van der Waals surface area contributed by atoms with Gasteiger partial charge in [-0.15, -0.1) is 0 Å². The van der Waals surface area contributed by atoms with Crippen LogP contribution in [0.4, 0.5) is 10.8 Å². The molecule has 25 heavy (non-hydrogen) atoms. The molecular formula is C18H17N3O3S. The standard InChI is InChI=1S/C18H17N3O3S/c1-11-5-3-4-6-13(11)19-17(23)12-7-8-14-15(9-12)25-18(20-14)21-16(22)10-24-2/h3-9H,10H2,1-2H3,(H,19,23)(H,20,21,22). The SMILES string of the molecule is COCC(=O)Nc1nc2ccc(C(=O)Nc3ccccc3C)cc2s1. The van der Waals surface area contributed by atoms with Crippen molar-refractivity contribution >= 4 is 44.2 Å². The van der Waals surface area contributed by atoms with E-state index in [1.165, 1.54) is 18.4 Å². The number of benzene rings is 2. The van der Waals surface area contributed by atoms with Crippen LogP contribution in [-0.4, -0.2) is 30.5 Å². The van der Waals surface area contributed by atoms with Crippen LogP contribution in [0.5, 0.6) is 0 Å². The van der Waals surface area contributed by atoms with Gasteiger partial charge in [0.2, 0.25) is 0 Å². The highest BCUT2D eigenvalue weighted by Gasteiger charge is 2.12. The van der Waals surface area contributed by atoms with Crippen LogP contribution in [0.15, 0.2) is 42.5 Å². The molecule has 0 unspecified atom stereocenters. The van der Waals surface area contributed by atoms with E-state index in [1.54, 1.807) is 18.2 Å². The number of nitrogens with zero attached hydrogens (tertiary/aromatic N) is 1. The van der Waals surface area contributed by atoms with E-state index in [1.807, 2.05) is 31.2 Å². The fourth-order valence-corrected chi connectivity index (χ4v) is 3.23. The van der Waals surface area contributed by atoms with Crippen LogP contribution >= 0.6 is 11.3 Å². The lowest BCUT2D eigenvalue weighted by molar-refractivity contribution is -0.119. The number of methoxy groups -OCH3 is 1. The minimum absolute atomic E-state index is 0.0278.